The summed E-state index contributed by atoms with van der Waals surface area (Å²) in [5.41, 5.74) is 6.91. The first-order valence-corrected chi connectivity index (χ1v) is 24.4. The van der Waals surface area contributed by atoms with Crippen LogP contribution in [0.1, 0.15) is 174 Å². The molecule has 0 bridgehead atoms. The van der Waals surface area contributed by atoms with Gasteiger partial charge in [0.2, 0.25) is 0 Å². The fourth-order valence-corrected chi connectivity index (χ4v) is 10.7. The van der Waals surface area contributed by atoms with E-state index in [2.05, 4.69) is 50.2 Å². The van der Waals surface area contributed by atoms with Gasteiger partial charge in [-0.25, -0.2) is 0 Å². The second kappa shape index (κ2) is 19.4. The molecule has 0 unspecified atom stereocenters. The molecule has 2 aliphatic carbocycles. The van der Waals surface area contributed by atoms with Crippen molar-refractivity contribution < 1.29 is 19.1 Å². The first-order valence-electron chi connectivity index (χ1n) is 24.4. The van der Waals surface area contributed by atoms with E-state index < -0.39 is 0 Å². The molecule has 2 aliphatic rings. The summed E-state index contributed by atoms with van der Waals surface area (Å²) in [7, 11) is 0. The minimum atomic E-state index is 0.0558. The van der Waals surface area contributed by atoms with Crippen molar-refractivity contribution in [2.45, 2.75) is 142 Å². The smallest absolute Gasteiger partial charge is 0.194 e. The van der Waals surface area contributed by atoms with Crippen molar-refractivity contribution >= 4 is 54.7 Å². The second-order valence-electron chi connectivity index (χ2n) is 18.2. The van der Waals surface area contributed by atoms with Gasteiger partial charge in [-0.2, -0.15) is 0 Å². The van der Waals surface area contributed by atoms with Crippen LogP contribution < -0.4 is 9.47 Å². The Morgan fingerprint density at radius 1 is 0.323 bits per heavy atom. The van der Waals surface area contributed by atoms with Gasteiger partial charge in [0.05, 0.1) is 13.2 Å². The molecule has 0 aliphatic heterocycles. The molecule has 0 saturated carbocycles. The number of ketones is 2. The van der Waals surface area contributed by atoms with Crippen LogP contribution in [-0.2, 0) is 0 Å². The molecule has 62 heavy (non-hydrogen) atoms. The van der Waals surface area contributed by atoms with Crippen molar-refractivity contribution in [3.8, 4) is 33.8 Å². The van der Waals surface area contributed by atoms with E-state index in [1.165, 1.54) is 103 Å². The van der Waals surface area contributed by atoms with Crippen LogP contribution in [0.3, 0.4) is 0 Å². The average molecular weight is 825 g/mol. The van der Waals surface area contributed by atoms with Crippen LogP contribution in [0, 0.1) is 0 Å². The molecule has 0 heterocycles. The topological polar surface area (TPSA) is 52.6 Å². The normalized spacial score (nSPS) is 12.9. The zero-order valence-electron chi connectivity index (χ0n) is 37.3. The lowest BCUT2D eigenvalue weighted by Crippen LogP contribution is -2.12. The van der Waals surface area contributed by atoms with Crippen LogP contribution >= 0.6 is 0 Å². The Hall–Kier alpha value is -5.22. The molecule has 0 atom stereocenters. The molecular weight excluding hydrogens is 761 g/mol. The van der Waals surface area contributed by atoms with Gasteiger partial charge in [0, 0.05) is 54.6 Å². The number of carbonyl (C=O) groups excluding carboxylic acids is 2. The standard InChI is InChI=1S/C58H64O4/c1-3-5-7-9-11-13-15-17-19-25-35-61-49-37-47-39-27-21-23-29-43(39)57(59)45-33-31-41-42-32-34-46-52-48(40-28-22-24-30-44(40)58(46)60)38-50(56(54(42)52)55(49)53(41)51(45)47)62-36-26-20-18-16-14-12-10-8-6-4-2/h21-24,27-34,37-38H,3-20,25-26,35-36H2,1-2H3. The van der Waals surface area contributed by atoms with E-state index in [1.807, 2.05) is 48.5 Å². The quantitative estimate of drug-likeness (QED) is 0.0346. The van der Waals surface area contributed by atoms with Crippen LogP contribution in [-0.4, -0.2) is 24.8 Å². The molecule has 0 radical (unpaired) electrons. The molecule has 320 valence electrons. The van der Waals surface area contributed by atoms with E-state index in [-0.39, 0.29) is 11.6 Å². The molecule has 4 heteroatoms. The number of carbonyl (C=O) groups is 2. The van der Waals surface area contributed by atoms with E-state index in [9.17, 15) is 9.59 Å². The first kappa shape index (κ1) is 42.1. The fraction of sp³-hybridized carbons (Fsp3) is 0.414. The highest BCUT2D eigenvalue weighted by Crippen LogP contribution is 2.55. The van der Waals surface area contributed by atoms with Gasteiger partial charge in [0.15, 0.2) is 11.6 Å². The predicted octanol–water partition coefficient (Wildman–Crippen LogP) is 16.8. The van der Waals surface area contributed by atoms with Crippen molar-refractivity contribution in [2.75, 3.05) is 13.2 Å². The number of hydrogen-bond acceptors (Lipinski definition) is 4. The molecule has 0 N–H and O–H groups in total. The van der Waals surface area contributed by atoms with E-state index >= 15 is 0 Å². The van der Waals surface area contributed by atoms with Gasteiger partial charge in [-0.3, -0.25) is 9.59 Å². The summed E-state index contributed by atoms with van der Waals surface area (Å²) in [5, 5.41) is 8.16. The van der Waals surface area contributed by atoms with E-state index in [1.54, 1.807) is 0 Å². The summed E-state index contributed by atoms with van der Waals surface area (Å²) in [4.78, 5) is 28.6. The van der Waals surface area contributed by atoms with Crippen molar-refractivity contribution in [2.24, 2.45) is 0 Å². The third-order valence-corrected chi connectivity index (χ3v) is 14.0. The van der Waals surface area contributed by atoms with Gasteiger partial charge in [-0.05, 0) is 70.1 Å². The maximum absolute atomic E-state index is 14.3. The van der Waals surface area contributed by atoms with E-state index in [4.69, 9.17) is 9.47 Å². The summed E-state index contributed by atoms with van der Waals surface area (Å²) >= 11 is 0. The Morgan fingerprint density at radius 2 is 0.661 bits per heavy atom. The molecular formula is C58H64O4. The van der Waals surface area contributed by atoms with Crippen LogP contribution in [0.2, 0.25) is 0 Å². The Morgan fingerprint density at radius 3 is 1.03 bits per heavy atom. The van der Waals surface area contributed by atoms with Crippen molar-refractivity contribution in [3.63, 3.8) is 0 Å². The molecule has 0 amide bonds. The van der Waals surface area contributed by atoms with Gasteiger partial charge in [-0.1, -0.05) is 190 Å². The van der Waals surface area contributed by atoms with Crippen molar-refractivity contribution in [1.29, 1.82) is 0 Å². The molecule has 7 aromatic rings. The Labute approximate surface area is 368 Å². The number of unbranched alkanes of at least 4 members (excludes halogenated alkanes) is 18. The van der Waals surface area contributed by atoms with Crippen molar-refractivity contribution in [1.82, 2.24) is 0 Å². The van der Waals surface area contributed by atoms with Crippen LogP contribution in [0.15, 0.2) is 84.9 Å². The summed E-state index contributed by atoms with van der Waals surface area (Å²) < 4.78 is 14.1. The number of rotatable bonds is 24. The summed E-state index contributed by atoms with van der Waals surface area (Å²) in [5.74, 6) is 1.76. The third-order valence-electron chi connectivity index (χ3n) is 14.0. The molecule has 7 aromatic carbocycles. The summed E-state index contributed by atoms with van der Waals surface area (Å²) in [6.07, 6.45) is 25.2. The van der Waals surface area contributed by atoms with Crippen LogP contribution in [0.4, 0.5) is 0 Å². The minimum absolute atomic E-state index is 0.0558. The first-order chi connectivity index (χ1) is 30.6. The lowest BCUT2D eigenvalue weighted by atomic mass is 9.76. The van der Waals surface area contributed by atoms with Crippen LogP contribution in [0.5, 0.6) is 11.5 Å². The SMILES string of the molecule is CCCCCCCCCCCCOc1cc2c3c(ccc4c5ccc6c7c(cc(OCCCCCCCCCCCC)c(c1c34)c75)-c1ccccc1C6=O)C(=O)c1ccccc1-2. The molecule has 0 saturated heterocycles. The zero-order valence-corrected chi connectivity index (χ0v) is 37.3. The maximum Gasteiger partial charge on any atom is 0.194 e. The Bertz CT molecular complexity index is 2530. The number of benzene rings is 7. The molecule has 0 aromatic heterocycles. The lowest BCUT2D eigenvalue weighted by molar-refractivity contribution is 0.103. The number of ether oxygens (including phenoxy) is 2. The number of fused-ring (bicyclic) bond motifs is 6. The Balaban J connectivity index is 1.13. The van der Waals surface area contributed by atoms with Gasteiger partial charge < -0.3 is 9.47 Å². The zero-order chi connectivity index (χ0) is 42.4. The summed E-state index contributed by atoms with van der Waals surface area (Å²) in [6.45, 7) is 5.77. The van der Waals surface area contributed by atoms with Crippen LogP contribution in [0.25, 0.3) is 65.3 Å². The largest absolute Gasteiger partial charge is 0.493 e. The highest BCUT2D eigenvalue weighted by molar-refractivity contribution is 6.43. The lowest BCUT2D eigenvalue weighted by Gasteiger charge is -2.28. The molecule has 0 fully saturated rings. The highest BCUT2D eigenvalue weighted by Gasteiger charge is 2.33. The number of hydrogen-bond donors (Lipinski definition) is 0. The molecule has 0 spiro atoms. The van der Waals surface area contributed by atoms with Crippen molar-refractivity contribution in [3.05, 3.63) is 107 Å². The Kier molecular flexibility index (Phi) is 13.2. The van der Waals surface area contributed by atoms with E-state index in [0.717, 1.165) is 125 Å². The fourth-order valence-electron chi connectivity index (χ4n) is 10.7. The minimum Gasteiger partial charge on any atom is -0.493 e. The van der Waals surface area contributed by atoms with Gasteiger partial charge in [-0.15, -0.1) is 0 Å². The highest BCUT2D eigenvalue weighted by atomic mass is 16.5. The van der Waals surface area contributed by atoms with Gasteiger partial charge >= 0.3 is 0 Å². The second-order valence-corrected chi connectivity index (χ2v) is 18.2. The molecule has 9 rings (SSSR count). The average Bonchev–Trinajstić information content (AvgIpc) is 3.30. The molecule has 4 nitrogen and oxygen atoms in total. The maximum atomic E-state index is 14.3. The van der Waals surface area contributed by atoms with Gasteiger partial charge in [0.25, 0.3) is 0 Å². The monoisotopic (exact) mass is 824 g/mol. The van der Waals surface area contributed by atoms with Gasteiger partial charge in [0.1, 0.15) is 11.5 Å². The summed E-state index contributed by atoms with van der Waals surface area (Å²) in [6, 6.07) is 28.8. The predicted molar refractivity (Wildman–Crippen MR) is 260 cm³/mol. The third kappa shape index (κ3) is 7.99. The van der Waals surface area contributed by atoms with E-state index in [0.29, 0.717) is 13.2 Å².